The van der Waals surface area contributed by atoms with Crippen LogP contribution in [0.5, 0.6) is 0 Å². The third kappa shape index (κ3) is 5.55. The van der Waals surface area contributed by atoms with E-state index in [9.17, 15) is 14.7 Å². The van der Waals surface area contributed by atoms with Gasteiger partial charge in [0.15, 0.2) is 0 Å². The number of hydrogen-bond acceptors (Lipinski definition) is 4. The third-order valence-electron chi connectivity index (χ3n) is 8.28. The lowest BCUT2D eigenvalue weighted by molar-refractivity contribution is 0.0695. The van der Waals surface area contributed by atoms with Crippen molar-refractivity contribution in [1.29, 1.82) is 0 Å². The average Bonchev–Trinajstić information content (AvgIpc) is 3.46. The van der Waals surface area contributed by atoms with Gasteiger partial charge in [-0.25, -0.2) is 4.79 Å². The number of carboxylic acids is 1. The average molecular weight is 556 g/mol. The number of rotatable bonds is 9. The van der Waals surface area contributed by atoms with E-state index in [1.54, 1.807) is 0 Å². The molecule has 0 radical (unpaired) electrons. The number of halogens is 1. The van der Waals surface area contributed by atoms with E-state index in [0.29, 0.717) is 30.0 Å². The van der Waals surface area contributed by atoms with E-state index in [-0.39, 0.29) is 18.0 Å². The normalized spacial score (nSPS) is 19.2. The van der Waals surface area contributed by atoms with E-state index in [4.69, 9.17) is 0 Å². The Kier molecular flexibility index (Phi) is 8.10. The first-order chi connectivity index (χ1) is 19.0. The Morgan fingerprint density at radius 2 is 1.45 bits per heavy atom. The monoisotopic (exact) mass is 555 g/mol. The van der Waals surface area contributed by atoms with E-state index < -0.39 is 11.5 Å². The fraction of sp³-hybridized carbons (Fsp3) is 0.273. The van der Waals surface area contributed by atoms with Crippen molar-refractivity contribution >= 4 is 24.1 Å². The van der Waals surface area contributed by atoms with Crippen LogP contribution in [-0.4, -0.2) is 40.1 Å². The number of H-pyrrole nitrogens is 1. The van der Waals surface area contributed by atoms with E-state index in [0.717, 1.165) is 37.3 Å². The van der Waals surface area contributed by atoms with Gasteiger partial charge in [-0.1, -0.05) is 79.7 Å². The Morgan fingerprint density at radius 3 is 1.95 bits per heavy atom. The zero-order valence-electron chi connectivity index (χ0n) is 22.5. The summed E-state index contributed by atoms with van der Waals surface area (Å²) in [5.41, 5.74) is 5.52. The molecule has 0 spiro atoms. The molecule has 4 aromatic rings. The molecule has 0 amide bonds. The van der Waals surface area contributed by atoms with E-state index in [1.807, 2.05) is 19.1 Å². The predicted octanol–water partition coefficient (Wildman–Crippen LogP) is 5.86. The molecule has 6 nitrogen and oxygen atoms in total. The van der Waals surface area contributed by atoms with Gasteiger partial charge in [-0.15, -0.1) is 12.4 Å². The molecule has 1 aromatic heterocycles. The highest BCUT2D eigenvalue weighted by Gasteiger charge is 2.58. The van der Waals surface area contributed by atoms with Gasteiger partial charge < -0.3 is 15.0 Å². The number of nitrogens with one attached hydrogen (secondary N) is 1. The smallest absolute Gasteiger partial charge is 0.341 e. The second-order valence-corrected chi connectivity index (χ2v) is 10.7. The lowest BCUT2D eigenvalue weighted by atomic mass is 10.0. The summed E-state index contributed by atoms with van der Waals surface area (Å²) in [5, 5.41) is 9.30. The Hall–Kier alpha value is -3.87. The molecule has 40 heavy (non-hydrogen) atoms. The fourth-order valence-electron chi connectivity index (χ4n) is 6.26. The molecule has 6 rings (SSSR count). The van der Waals surface area contributed by atoms with Crippen LogP contribution in [-0.2, 0) is 19.5 Å². The van der Waals surface area contributed by atoms with Crippen LogP contribution in [0.1, 0.15) is 34.0 Å². The molecule has 206 valence electrons. The first kappa shape index (κ1) is 27.7. The van der Waals surface area contributed by atoms with Crippen LogP contribution in [0.25, 0.3) is 11.3 Å². The Bertz CT molecular complexity index is 1470. The van der Waals surface area contributed by atoms with Crippen molar-refractivity contribution in [2.45, 2.75) is 32.5 Å². The second kappa shape index (κ2) is 11.7. The third-order valence-corrected chi connectivity index (χ3v) is 8.28. The number of anilines is 1. The van der Waals surface area contributed by atoms with E-state index >= 15 is 0 Å². The number of aromatic amines is 1. The molecular weight excluding hydrogens is 522 g/mol. The molecule has 1 saturated heterocycles. The van der Waals surface area contributed by atoms with Gasteiger partial charge in [0.2, 0.25) is 0 Å². The summed E-state index contributed by atoms with van der Waals surface area (Å²) in [6.45, 7) is 5.96. The van der Waals surface area contributed by atoms with Crippen LogP contribution in [0.2, 0.25) is 0 Å². The molecule has 2 atom stereocenters. The zero-order chi connectivity index (χ0) is 26.9. The lowest BCUT2D eigenvalue weighted by Gasteiger charge is -2.28. The maximum absolute atomic E-state index is 12.3. The molecule has 2 aliphatic rings. The number of carboxylic acid groups (broad SMARTS) is 1. The minimum absolute atomic E-state index is 0. The van der Waals surface area contributed by atoms with Crippen molar-refractivity contribution in [3.05, 3.63) is 124 Å². The topological polar surface area (TPSA) is 76.6 Å². The van der Waals surface area contributed by atoms with E-state index in [2.05, 4.69) is 87.6 Å². The van der Waals surface area contributed by atoms with Crippen molar-refractivity contribution in [3.63, 3.8) is 0 Å². The quantitative estimate of drug-likeness (QED) is 0.270. The van der Waals surface area contributed by atoms with Gasteiger partial charge in [0.1, 0.15) is 5.56 Å². The molecule has 7 heteroatoms. The highest BCUT2D eigenvalue weighted by molar-refractivity contribution is 5.88. The lowest BCUT2D eigenvalue weighted by Crippen LogP contribution is -2.34. The van der Waals surface area contributed by atoms with Crippen molar-refractivity contribution in [2.75, 3.05) is 18.0 Å². The van der Waals surface area contributed by atoms with Crippen LogP contribution in [0.15, 0.2) is 95.8 Å². The largest absolute Gasteiger partial charge is 0.477 e. The number of fused-ring (bicyclic) bond motifs is 1. The molecule has 2 N–H and O–H groups in total. The number of pyridine rings is 1. The summed E-state index contributed by atoms with van der Waals surface area (Å²) in [5.74, 6) is 0.109. The number of aromatic carboxylic acids is 1. The summed E-state index contributed by atoms with van der Waals surface area (Å²) in [6, 6.07) is 31.9. The molecule has 1 saturated carbocycles. The number of nitrogens with zero attached hydrogens (tertiary/aromatic N) is 2. The predicted molar refractivity (Wildman–Crippen MR) is 161 cm³/mol. The number of aryl methyl sites for hydroxylation is 1. The molecule has 2 fully saturated rings. The van der Waals surface area contributed by atoms with Crippen LogP contribution < -0.4 is 10.5 Å². The highest BCUT2D eigenvalue weighted by Crippen LogP contribution is 2.50. The Labute approximate surface area is 240 Å². The van der Waals surface area contributed by atoms with Gasteiger partial charge >= 0.3 is 5.97 Å². The maximum atomic E-state index is 12.3. The van der Waals surface area contributed by atoms with Gasteiger partial charge in [-0.3, -0.25) is 9.69 Å². The number of carbonyl (C=O) groups is 1. The van der Waals surface area contributed by atoms with Crippen molar-refractivity contribution in [3.8, 4) is 11.3 Å². The first-order valence-electron chi connectivity index (χ1n) is 13.7. The van der Waals surface area contributed by atoms with Crippen molar-refractivity contribution < 1.29 is 9.90 Å². The molecule has 2 unspecified atom stereocenters. The summed E-state index contributed by atoms with van der Waals surface area (Å²) >= 11 is 0. The molecule has 3 aromatic carbocycles. The number of benzene rings is 3. The summed E-state index contributed by atoms with van der Waals surface area (Å²) < 4.78 is 0. The maximum Gasteiger partial charge on any atom is 0.341 e. The minimum Gasteiger partial charge on any atom is -0.477 e. The standard InChI is InChI=1S/C33H33N3O3.ClH/c1-2-24-17-27(33(38)39)32(37)34-30(24)25-13-15-26(16-14-25)35-20-28-29(21-35)31(28)36(18-22-9-5-3-6-10-22)19-23-11-7-4-8-12-23;/h3-17,28-29,31H,2,18-21H2,1H3,(H,34,37)(H,38,39);1H. The van der Waals surface area contributed by atoms with Gasteiger partial charge in [0.05, 0.1) is 5.69 Å². The molecule has 1 aliphatic carbocycles. The summed E-state index contributed by atoms with van der Waals surface area (Å²) in [6.07, 6.45) is 0.632. The van der Waals surface area contributed by atoms with Crippen LogP contribution in [0.4, 0.5) is 5.69 Å². The number of aromatic nitrogens is 1. The van der Waals surface area contributed by atoms with Gasteiger partial charge in [-0.05, 0) is 58.7 Å². The molecular formula is C33H34ClN3O3. The van der Waals surface area contributed by atoms with Gasteiger partial charge in [0.25, 0.3) is 5.56 Å². The zero-order valence-corrected chi connectivity index (χ0v) is 23.3. The molecule has 2 heterocycles. The van der Waals surface area contributed by atoms with Crippen molar-refractivity contribution in [2.24, 2.45) is 11.8 Å². The van der Waals surface area contributed by atoms with Crippen LogP contribution >= 0.6 is 12.4 Å². The highest BCUT2D eigenvalue weighted by atomic mass is 35.5. The second-order valence-electron chi connectivity index (χ2n) is 10.7. The number of hydrogen-bond donors (Lipinski definition) is 2. The SMILES string of the molecule is CCc1cc(C(=O)O)c(=O)[nH]c1-c1ccc(N2CC3C(C2)C3N(Cc2ccccc2)Cc2ccccc2)cc1.Cl. The number of piperidine rings is 1. The van der Waals surface area contributed by atoms with Crippen molar-refractivity contribution in [1.82, 2.24) is 9.88 Å². The van der Waals surface area contributed by atoms with Gasteiger partial charge in [0, 0.05) is 37.9 Å². The first-order valence-corrected chi connectivity index (χ1v) is 13.7. The van der Waals surface area contributed by atoms with Crippen LogP contribution in [0.3, 0.4) is 0 Å². The van der Waals surface area contributed by atoms with Crippen LogP contribution in [0, 0.1) is 11.8 Å². The summed E-state index contributed by atoms with van der Waals surface area (Å²) in [7, 11) is 0. The minimum atomic E-state index is -1.20. The molecule has 0 bridgehead atoms. The van der Waals surface area contributed by atoms with E-state index in [1.165, 1.54) is 22.9 Å². The molecule has 1 aliphatic heterocycles. The van der Waals surface area contributed by atoms with Gasteiger partial charge in [-0.2, -0.15) is 0 Å². The Morgan fingerprint density at radius 1 is 0.900 bits per heavy atom. The fourth-order valence-corrected chi connectivity index (χ4v) is 6.26. The Balaban J connectivity index is 0.00000323. The summed E-state index contributed by atoms with van der Waals surface area (Å²) in [4.78, 5) is 31.6.